The Morgan fingerprint density at radius 3 is 2.39 bits per heavy atom. The fourth-order valence-corrected chi connectivity index (χ4v) is 3.60. The van der Waals surface area contributed by atoms with Crippen LogP contribution in [0.3, 0.4) is 0 Å². The fourth-order valence-electron chi connectivity index (χ4n) is 3.43. The van der Waals surface area contributed by atoms with Crippen LogP contribution in [0, 0.1) is 6.92 Å². The Labute approximate surface area is 170 Å². The van der Waals surface area contributed by atoms with Crippen molar-refractivity contribution in [1.29, 1.82) is 0 Å². The minimum Gasteiger partial charge on any atom is -0.465 e. The van der Waals surface area contributed by atoms with Crippen molar-refractivity contribution in [1.82, 2.24) is 15.3 Å². The molecule has 2 aromatic rings. The van der Waals surface area contributed by atoms with Gasteiger partial charge in [0.1, 0.15) is 23.2 Å². The highest BCUT2D eigenvalue weighted by Gasteiger charge is 2.20. The molecule has 0 bridgehead atoms. The van der Waals surface area contributed by atoms with E-state index in [1.165, 1.54) is 12.8 Å². The van der Waals surface area contributed by atoms with Crippen LogP contribution in [-0.2, 0) is 11.3 Å². The number of anilines is 3. The van der Waals surface area contributed by atoms with Gasteiger partial charge >= 0.3 is 0 Å². The number of ether oxygens (including phenoxy) is 1. The van der Waals surface area contributed by atoms with E-state index in [4.69, 9.17) is 31.3 Å². The number of thiocarbonyl (C=S) groups is 1. The lowest BCUT2D eigenvalue weighted by Gasteiger charge is -2.29. The lowest BCUT2D eigenvalue weighted by molar-refractivity contribution is 0.122. The molecule has 0 aromatic carbocycles. The van der Waals surface area contributed by atoms with Crippen LogP contribution in [0.4, 0.5) is 17.6 Å². The average molecular weight is 403 g/mol. The molecule has 0 spiro atoms. The predicted molar refractivity (Wildman–Crippen MR) is 113 cm³/mol. The van der Waals surface area contributed by atoms with Gasteiger partial charge in [-0.05, 0) is 44.1 Å². The molecule has 2 aliphatic heterocycles. The minimum absolute atomic E-state index is 0.473. The molecular weight excluding hydrogens is 376 g/mol. The van der Waals surface area contributed by atoms with Gasteiger partial charge in [-0.1, -0.05) is 0 Å². The summed E-state index contributed by atoms with van der Waals surface area (Å²) in [6, 6.07) is 5.95. The van der Waals surface area contributed by atoms with Crippen molar-refractivity contribution in [2.24, 2.45) is 0 Å². The zero-order chi connectivity index (χ0) is 19.3. The summed E-state index contributed by atoms with van der Waals surface area (Å²) in [5.74, 6) is 4.09. The largest absolute Gasteiger partial charge is 0.465 e. The monoisotopic (exact) mass is 402 g/mol. The number of nitrogens with zero attached hydrogens (tertiary/aromatic N) is 4. The Hall–Kier alpha value is -2.39. The lowest BCUT2D eigenvalue weighted by Crippen LogP contribution is -2.37. The maximum atomic E-state index is 5.56. The molecule has 9 heteroatoms. The first-order valence-corrected chi connectivity index (χ1v) is 10.1. The minimum atomic E-state index is 0.473. The van der Waals surface area contributed by atoms with Crippen LogP contribution >= 0.6 is 12.2 Å². The molecular formula is C19H26N6O2S. The zero-order valence-electron chi connectivity index (χ0n) is 16.1. The molecule has 4 rings (SSSR count). The van der Waals surface area contributed by atoms with E-state index in [1.807, 2.05) is 19.1 Å². The normalized spacial score (nSPS) is 17.0. The first-order valence-electron chi connectivity index (χ1n) is 9.74. The van der Waals surface area contributed by atoms with Gasteiger partial charge in [0, 0.05) is 32.2 Å². The molecule has 2 aromatic heterocycles. The van der Waals surface area contributed by atoms with Crippen LogP contribution in [-0.4, -0.2) is 54.5 Å². The summed E-state index contributed by atoms with van der Waals surface area (Å²) in [7, 11) is 0. The van der Waals surface area contributed by atoms with E-state index < -0.39 is 0 Å². The first kappa shape index (κ1) is 18.9. The number of aryl methyl sites for hydroxylation is 1. The highest BCUT2D eigenvalue weighted by atomic mass is 32.1. The quantitative estimate of drug-likeness (QED) is 0.732. The molecule has 0 saturated carbocycles. The van der Waals surface area contributed by atoms with Crippen molar-refractivity contribution >= 4 is 34.9 Å². The van der Waals surface area contributed by atoms with Crippen LogP contribution in [0.1, 0.15) is 24.4 Å². The standard InChI is InChI=1S/C19H26N6O2S/c1-14-4-5-15(27-14)13-20-19(28)23-18-21-16(24-6-2-3-7-24)12-17(22-18)25-8-10-26-11-9-25/h4-5,12H,2-3,6-11,13H2,1H3,(H2,20,21,22,23,28). The van der Waals surface area contributed by atoms with E-state index in [0.29, 0.717) is 30.8 Å². The summed E-state index contributed by atoms with van der Waals surface area (Å²) < 4.78 is 11.0. The van der Waals surface area contributed by atoms with Gasteiger partial charge in [-0.25, -0.2) is 0 Å². The van der Waals surface area contributed by atoms with Crippen LogP contribution < -0.4 is 20.4 Å². The second kappa shape index (κ2) is 8.74. The highest BCUT2D eigenvalue weighted by molar-refractivity contribution is 7.80. The molecule has 0 aliphatic carbocycles. The van der Waals surface area contributed by atoms with Gasteiger partial charge in [0.25, 0.3) is 0 Å². The molecule has 2 N–H and O–H groups in total. The fraction of sp³-hybridized carbons (Fsp3) is 0.526. The molecule has 2 aliphatic rings. The molecule has 4 heterocycles. The van der Waals surface area contributed by atoms with Gasteiger partial charge in [0.15, 0.2) is 5.11 Å². The van der Waals surface area contributed by atoms with E-state index in [-0.39, 0.29) is 0 Å². The molecule has 2 saturated heterocycles. The number of rotatable bonds is 5. The smallest absolute Gasteiger partial charge is 0.232 e. The van der Waals surface area contributed by atoms with Crippen molar-refractivity contribution in [2.45, 2.75) is 26.3 Å². The Kier molecular flexibility index (Phi) is 5.92. The molecule has 0 unspecified atom stereocenters. The Morgan fingerprint density at radius 1 is 1.07 bits per heavy atom. The van der Waals surface area contributed by atoms with Gasteiger partial charge in [-0.2, -0.15) is 9.97 Å². The van der Waals surface area contributed by atoms with Crippen LogP contribution in [0.15, 0.2) is 22.6 Å². The number of furan rings is 1. The van der Waals surface area contributed by atoms with Gasteiger partial charge in [0.05, 0.1) is 19.8 Å². The SMILES string of the molecule is Cc1ccc(CNC(=S)Nc2nc(N3CCCC3)cc(N3CCOCC3)n2)o1. The van der Waals surface area contributed by atoms with Crippen molar-refractivity contribution in [3.63, 3.8) is 0 Å². The maximum Gasteiger partial charge on any atom is 0.232 e. The van der Waals surface area contributed by atoms with Crippen molar-refractivity contribution in [3.8, 4) is 0 Å². The number of morpholine rings is 1. The topological polar surface area (TPSA) is 78.7 Å². The maximum absolute atomic E-state index is 5.56. The van der Waals surface area contributed by atoms with E-state index >= 15 is 0 Å². The Balaban J connectivity index is 1.47. The predicted octanol–water partition coefficient (Wildman–Crippen LogP) is 2.30. The summed E-state index contributed by atoms with van der Waals surface area (Å²) >= 11 is 5.43. The Morgan fingerprint density at radius 2 is 1.75 bits per heavy atom. The van der Waals surface area contributed by atoms with Crippen LogP contribution in [0.2, 0.25) is 0 Å². The average Bonchev–Trinajstić information content (AvgIpc) is 3.39. The van der Waals surface area contributed by atoms with Crippen molar-refractivity contribution in [3.05, 3.63) is 29.7 Å². The van der Waals surface area contributed by atoms with E-state index in [2.05, 4.69) is 26.5 Å². The summed E-state index contributed by atoms with van der Waals surface area (Å²) in [5, 5.41) is 6.76. The molecule has 28 heavy (non-hydrogen) atoms. The molecule has 8 nitrogen and oxygen atoms in total. The summed E-state index contributed by atoms with van der Waals surface area (Å²) in [5.41, 5.74) is 0. The third-order valence-electron chi connectivity index (χ3n) is 4.91. The van der Waals surface area contributed by atoms with Crippen LogP contribution in [0.5, 0.6) is 0 Å². The van der Waals surface area contributed by atoms with Crippen LogP contribution in [0.25, 0.3) is 0 Å². The molecule has 0 radical (unpaired) electrons. The van der Waals surface area contributed by atoms with Gasteiger partial charge in [-0.15, -0.1) is 0 Å². The number of hydrogen-bond acceptors (Lipinski definition) is 7. The lowest BCUT2D eigenvalue weighted by atomic mass is 10.4. The van der Waals surface area contributed by atoms with Crippen molar-refractivity contribution < 1.29 is 9.15 Å². The van der Waals surface area contributed by atoms with E-state index in [0.717, 1.165) is 49.3 Å². The first-order chi connectivity index (χ1) is 13.7. The van der Waals surface area contributed by atoms with Gasteiger partial charge < -0.3 is 29.6 Å². The third kappa shape index (κ3) is 4.71. The number of nitrogens with one attached hydrogen (secondary N) is 2. The molecule has 0 amide bonds. The van der Waals surface area contributed by atoms with E-state index in [1.54, 1.807) is 0 Å². The van der Waals surface area contributed by atoms with Crippen molar-refractivity contribution in [2.75, 3.05) is 54.5 Å². The van der Waals surface area contributed by atoms with Gasteiger partial charge in [0.2, 0.25) is 5.95 Å². The zero-order valence-corrected chi connectivity index (χ0v) is 16.9. The third-order valence-corrected chi connectivity index (χ3v) is 5.16. The van der Waals surface area contributed by atoms with E-state index in [9.17, 15) is 0 Å². The van der Waals surface area contributed by atoms with Gasteiger partial charge in [-0.3, -0.25) is 0 Å². The summed E-state index contributed by atoms with van der Waals surface area (Å²) in [4.78, 5) is 13.9. The summed E-state index contributed by atoms with van der Waals surface area (Å²) in [6.07, 6.45) is 2.39. The summed E-state index contributed by atoms with van der Waals surface area (Å²) in [6.45, 7) is 7.58. The second-order valence-electron chi connectivity index (χ2n) is 7.02. The Bertz CT molecular complexity index is 815. The second-order valence-corrected chi connectivity index (χ2v) is 7.43. The molecule has 150 valence electrons. The number of aromatic nitrogens is 2. The highest BCUT2D eigenvalue weighted by Crippen LogP contribution is 2.24. The molecule has 2 fully saturated rings. The molecule has 0 atom stereocenters. The number of hydrogen-bond donors (Lipinski definition) is 2.